The average Bonchev–Trinajstić information content (AvgIpc) is 3.41. The molecule has 1 unspecified atom stereocenters. The molecule has 0 aromatic heterocycles. The van der Waals surface area contributed by atoms with E-state index in [9.17, 15) is 18.8 Å². The molecule has 1 atom stereocenters. The second-order valence-corrected chi connectivity index (χ2v) is 10.6. The molecule has 3 amide bonds. The van der Waals surface area contributed by atoms with Crippen molar-refractivity contribution in [2.45, 2.75) is 64.6 Å². The van der Waals surface area contributed by atoms with Crippen molar-refractivity contribution in [1.29, 1.82) is 0 Å². The Labute approximate surface area is 194 Å². The normalized spacial score (nSPS) is 22.8. The van der Waals surface area contributed by atoms with E-state index in [4.69, 9.17) is 4.74 Å². The van der Waals surface area contributed by atoms with Gasteiger partial charge >= 0.3 is 0 Å². The molecule has 8 heteroatoms. The van der Waals surface area contributed by atoms with Crippen LogP contribution in [-0.2, 0) is 14.3 Å². The van der Waals surface area contributed by atoms with Crippen molar-refractivity contribution in [3.8, 4) is 0 Å². The quantitative estimate of drug-likeness (QED) is 0.697. The zero-order valence-corrected chi connectivity index (χ0v) is 19.8. The largest absolute Gasteiger partial charge is 0.353 e. The summed E-state index contributed by atoms with van der Waals surface area (Å²) >= 11 is 0. The lowest BCUT2D eigenvalue weighted by molar-refractivity contribution is -0.146. The number of likely N-dealkylation sites (tertiary alicyclic amines) is 2. The Balaban J connectivity index is 1.57. The highest BCUT2D eigenvalue weighted by atomic mass is 19.1. The lowest BCUT2D eigenvalue weighted by Crippen LogP contribution is -2.60. The number of piperidine rings is 1. The lowest BCUT2D eigenvalue weighted by Gasteiger charge is -2.45. The molecule has 33 heavy (non-hydrogen) atoms. The molecule has 3 aliphatic heterocycles. The summed E-state index contributed by atoms with van der Waals surface area (Å²) in [6.45, 7) is 8.56. The van der Waals surface area contributed by atoms with E-state index in [0.717, 1.165) is 12.8 Å². The predicted molar refractivity (Wildman–Crippen MR) is 121 cm³/mol. The zero-order chi connectivity index (χ0) is 23.8. The summed E-state index contributed by atoms with van der Waals surface area (Å²) < 4.78 is 19.7. The van der Waals surface area contributed by atoms with Gasteiger partial charge in [0.2, 0.25) is 11.8 Å². The van der Waals surface area contributed by atoms with Crippen molar-refractivity contribution < 1.29 is 23.5 Å². The SMILES string of the molecule is CC(C)(C)CC(=O)N1CCC2(CC1)OCC(C(=O)N1CCCC1)N2C(=O)c1ccc(F)cc1. The van der Waals surface area contributed by atoms with Gasteiger partial charge in [-0.25, -0.2) is 4.39 Å². The summed E-state index contributed by atoms with van der Waals surface area (Å²) in [5.74, 6) is -0.753. The van der Waals surface area contributed by atoms with E-state index in [2.05, 4.69) is 0 Å². The zero-order valence-electron chi connectivity index (χ0n) is 19.8. The maximum atomic E-state index is 13.6. The molecule has 3 saturated heterocycles. The van der Waals surface area contributed by atoms with Crippen LogP contribution in [0.1, 0.15) is 63.2 Å². The smallest absolute Gasteiger partial charge is 0.256 e. The van der Waals surface area contributed by atoms with Crippen LogP contribution in [0.4, 0.5) is 4.39 Å². The number of carbonyl (C=O) groups excluding carboxylic acids is 3. The minimum Gasteiger partial charge on any atom is -0.353 e. The van der Waals surface area contributed by atoms with Crippen LogP contribution in [0.3, 0.4) is 0 Å². The summed E-state index contributed by atoms with van der Waals surface area (Å²) in [4.78, 5) is 44.9. The molecule has 7 nitrogen and oxygen atoms in total. The van der Waals surface area contributed by atoms with Gasteiger partial charge in [0, 0.05) is 51.0 Å². The second kappa shape index (κ2) is 9.05. The van der Waals surface area contributed by atoms with Gasteiger partial charge in [0.15, 0.2) is 0 Å². The van der Waals surface area contributed by atoms with E-state index in [1.165, 1.54) is 24.3 Å². The van der Waals surface area contributed by atoms with Gasteiger partial charge in [-0.1, -0.05) is 20.8 Å². The van der Waals surface area contributed by atoms with Crippen molar-refractivity contribution in [2.24, 2.45) is 5.41 Å². The Bertz CT molecular complexity index is 897. The first kappa shape index (κ1) is 23.7. The number of benzene rings is 1. The third-order valence-corrected chi connectivity index (χ3v) is 6.85. The first-order valence-corrected chi connectivity index (χ1v) is 11.9. The highest BCUT2D eigenvalue weighted by Gasteiger charge is 2.55. The maximum Gasteiger partial charge on any atom is 0.256 e. The van der Waals surface area contributed by atoms with Crippen LogP contribution in [0.5, 0.6) is 0 Å². The maximum absolute atomic E-state index is 13.6. The average molecular weight is 460 g/mol. The van der Waals surface area contributed by atoms with E-state index < -0.39 is 17.6 Å². The fourth-order valence-electron chi connectivity index (χ4n) is 5.11. The molecule has 0 bridgehead atoms. The number of carbonyl (C=O) groups is 3. The molecule has 0 radical (unpaired) electrons. The highest BCUT2D eigenvalue weighted by molar-refractivity contribution is 5.98. The van der Waals surface area contributed by atoms with Crippen LogP contribution in [-0.4, -0.2) is 77.0 Å². The standard InChI is InChI=1S/C25H34FN3O4/c1-24(2,3)16-21(30)27-14-10-25(11-15-27)29(22(31)18-6-8-19(26)9-7-18)20(17-33-25)23(32)28-12-4-5-13-28/h6-9,20H,4-5,10-17H2,1-3H3. The van der Waals surface area contributed by atoms with Gasteiger partial charge in [-0.2, -0.15) is 0 Å². The van der Waals surface area contributed by atoms with Gasteiger partial charge in [0.1, 0.15) is 17.6 Å². The first-order chi connectivity index (χ1) is 15.6. The minimum absolute atomic E-state index is 0.0916. The van der Waals surface area contributed by atoms with Crippen molar-refractivity contribution in [2.75, 3.05) is 32.8 Å². The van der Waals surface area contributed by atoms with Gasteiger partial charge in [-0.15, -0.1) is 0 Å². The first-order valence-electron chi connectivity index (χ1n) is 11.9. The molecule has 180 valence electrons. The molecule has 0 N–H and O–H groups in total. The number of nitrogens with zero attached hydrogens (tertiary/aromatic N) is 3. The van der Waals surface area contributed by atoms with Crippen molar-refractivity contribution in [1.82, 2.24) is 14.7 Å². The molecule has 3 aliphatic rings. The summed E-state index contributed by atoms with van der Waals surface area (Å²) in [6.07, 6.45) is 3.26. The van der Waals surface area contributed by atoms with Gasteiger partial charge < -0.3 is 14.5 Å². The van der Waals surface area contributed by atoms with Crippen LogP contribution in [0, 0.1) is 11.2 Å². The van der Waals surface area contributed by atoms with E-state index >= 15 is 0 Å². The molecule has 0 saturated carbocycles. The van der Waals surface area contributed by atoms with Crippen molar-refractivity contribution >= 4 is 17.7 Å². The molecular weight excluding hydrogens is 425 g/mol. The topological polar surface area (TPSA) is 70.2 Å². The molecule has 3 heterocycles. The summed E-state index contributed by atoms with van der Waals surface area (Å²) in [6, 6.07) is 4.69. The van der Waals surface area contributed by atoms with Gasteiger partial charge in [0.25, 0.3) is 5.91 Å². The summed E-state index contributed by atoms with van der Waals surface area (Å²) in [5, 5.41) is 0. The Morgan fingerprint density at radius 1 is 1.00 bits per heavy atom. The van der Waals surface area contributed by atoms with Crippen molar-refractivity contribution in [3.05, 3.63) is 35.6 Å². The van der Waals surface area contributed by atoms with Crippen LogP contribution < -0.4 is 0 Å². The predicted octanol–water partition coefficient (Wildman–Crippen LogP) is 3.04. The lowest BCUT2D eigenvalue weighted by atomic mass is 9.90. The monoisotopic (exact) mass is 459 g/mol. The second-order valence-electron chi connectivity index (χ2n) is 10.6. The Morgan fingerprint density at radius 3 is 2.18 bits per heavy atom. The van der Waals surface area contributed by atoms with E-state index in [1.54, 1.807) is 9.80 Å². The van der Waals surface area contributed by atoms with Crippen LogP contribution in [0.2, 0.25) is 0 Å². The summed E-state index contributed by atoms with van der Waals surface area (Å²) in [5.41, 5.74) is -0.718. The van der Waals surface area contributed by atoms with Crippen LogP contribution in [0.15, 0.2) is 24.3 Å². The molecule has 4 rings (SSSR count). The number of ether oxygens (including phenoxy) is 1. The number of amides is 3. The minimum atomic E-state index is -0.940. The number of hydrogen-bond donors (Lipinski definition) is 0. The van der Waals surface area contributed by atoms with E-state index in [1.807, 2.05) is 25.7 Å². The van der Waals surface area contributed by atoms with E-state index in [-0.39, 0.29) is 29.7 Å². The highest BCUT2D eigenvalue weighted by Crippen LogP contribution is 2.39. The molecule has 1 spiro atoms. The number of halogens is 1. The Kier molecular flexibility index (Phi) is 6.49. The van der Waals surface area contributed by atoms with Gasteiger partial charge in [-0.3, -0.25) is 19.3 Å². The molecule has 3 fully saturated rings. The summed E-state index contributed by atoms with van der Waals surface area (Å²) in [7, 11) is 0. The third kappa shape index (κ3) is 4.90. The Morgan fingerprint density at radius 2 is 1.61 bits per heavy atom. The molecule has 0 aliphatic carbocycles. The van der Waals surface area contributed by atoms with Crippen LogP contribution >= 0.6 is 0 Å². The van der Waals surface area contributed by atoms with Crippen molar-refractivity contribution in [3.63, 3.8) is 0 Å². The number of rotatable bonds is 3. The van der Waals surface area contributed by atoms with Gasteiger partial charge in [0.05, 0.1) is 6.61 Å². The Hall–Kier alpha value is -2.48. The van der Waals surface area contributed by atoms with Gasteiger partial charge in [-0.05, 0) is 42.5 Å². The molecular formula is C25H34FN3O4. The fourth-order valence-corrected chi connectivity index (χ4v) is 5.11. The van der Waals surface area contributed by atoms with E-state index in [0.29, 0.717) is 51.0 Å². The van der Waals surface area contributed by atoms with Crippen LogP contribution in [0.25, 0.3) is 0 Å². The number of hydrogen-bond acceptors (Lipinski definition) is 4. The molecule has 1 aromatic rings. The fraction of sp³-hybridized carbons (Fsp3) is 0.640. The third-order valence-electron chi connectivity index (χ3n) is 6.85. The molecule has 1 aromatic carbocycles.